The van der Waals surface area contributed by atoms with E-state index in [1.54, 1.807) is 0 Å². The van der Waals surface area contributed by atoms with Crippen LogP contribution in [0.1, 0.15) is 45.4 Å². The molecule has 1 aliphatic heterocycles. The summed E-state index contributed by atoms with van der Waals surface area (Å²) in [6, 6.07) is 2.06. The second-order valence-corrected chi connectivity index (χ2v) is 5.82. The summed E-state index contributed by atoms with van der Waals surface area (Å²) in [5.74, 6) is 3.35. The van der Waals surface area contributed by atoms with Crippen LogP contribution >= 0.6 is 0 Å². The summed E-state index contributed by atoms with van der Waals surface area (Å²) in [7, 11) is 0. The average Bonchev–Trinajstić information content (AvgIpc) is 2.53. The number of hydrogen-bond acceptors (Lipinski definition) is 5. The number of nitrogens with one attached hydrogen (secondary N) is 1. The molecule has 1 fully saturated rings. The highest BCUT2D eigenvalue weighted by atomic mass is 16.3. The lowest BCUT2D eigenvalue weighted by Crippen LogP contribution is -2.35. The van der Waals surface area contributed by atoms with Gasteiger partial charge in [0.2, 0.25) is 0 Å². The van der Waals surface area contributed by atoms with E-state index in [2.05, 4.69) is 35.1 Å². The first-order valence-corrected chi connectivity index (χ1v) is 8.24. The fraction of sp³-hybridized carbons (Fsp3) is 0.750. The number of aliphatic hydroxyl groups excluding tert-OH is 1. The zero-order valence-corrected chi connectivity index (χ0v) is 13.3. The zero-order valence-electron chi connectivity index (χ0n) is 13.3. The monoisotopic (exact) mass is 292 g/mol. The number of aromatic nitrogens is 2. The minimum absolute atomic E-state index is 0.308. The molecular formula is C16H28N4O. The Bertz CT molecular complexity index is 430. The van der Waals surface area contributed by atoms with Gasteiger partial charge in [-0.3, -0.25) is 0 Å². The van der Waals surface area contributed by atoms with Crippen LogP contribution in [0.2, 0.25) is 0 Å². The summed E-state index contributed by atoms with van der Waals surface area (Å²) >= 11 is 0. The zero-order chi connectivity index (χ0) is 15.1. The van der Waals surface area contributed by atoms with E-state index in [4.69, 9.17) is 4.98 Å². The molecule has 2 heterocycles. The van der Waals surface area contributed by atoms with Crippen LogP contribution in [0.4, 0.5) is 11.6 Å². The Morgan fingerprint density at radius 2 is 2.00 bits per heavy atom. The smallest absolute Gasteiger partial charge is 0.134 e. The lowest BCUT2D eigenvalue weighted by atomic mass is 9.98. The van der Waals surface area contributed by atoms with E-state index >= 15 is 0 Å². The quantitative estimate of drug-likeness (QED) is 0.808. The highest BCUT2D eigenvalue weighted by Gasteiger charge is 2.20. The van der Waals surface area contributed by atoms with Gasteiger partial charge in [-0.2, -0.15) is 0 Å². The second kappa shape index (κ2) is 8.17. The van der Waals surface area contributed by atoms with Crippen molar-refractivity contribution >= 4 is 11.6 Å². The van der Waals surface area contributed by atoms with Gasteiger partial charge in [-0.05, 0) is 31.6 Å². The maximum atomic E-state index is 9.25. The summed E-state index contributed by atoms with van der Waals surface area (Å²) in [6.45, 7) is 7.50. The lowest BCUT2D eigenvalue weighted by molar-refractivity contribution is 0.203. The van der Waals surface area contributed by atoms with Gasteiger partial charge >= 0.3 is 0 Å². The first-order chi connectivity index (χ1) is 10.3. The second-order valence-electron chi connectivity index (χ2n) is 5.82. The average molecular weight is 292 g/mol. The summed E-state index contributed by atoms with van der Waals surface area (Å²) in [5.41, 5.74) is 0. The number of rotatable bonds is 7. The first kappa shape index (κ1) is 16.0. The standard InChI is InChI=1S/C16H28N4O/c1-3-5-14-18-15(17-8-4-2)11-16(19-14)20-9-6-13(12-21)7-10-20/h11,13,21H,3-10,12H2,1-2H3,(H,17,18,19). The Morgan fingerprint density at radius 1 is 1.24 bits per heavy atom. The van der Waals surface area contributed by atoms with Crippen molar-refractivity contribution in [2.24, 2.45) is 5.92 Å². The van der Waals surface area contributed by atoms with Crippen LogP contribution in [-0.2, 0) is 6.42 Å². The molecule has 0 aliphatic carbocycles. The fourth-order valence-corrected chi connectivity index (χ4v) is 2.67. The molecule has 5 heteroatoms. The maximum Gasteiger partial charge on any atom is 0.134 e. The summed E-state index contributed by atoms with van der Waals surface area (Å²) < 4.78 is 0. The third-order valence-corrected chi connectivity index (χ3v) is 3.99. The van der Waals surface area contributed by atoms with Gasteiger partial charge in [0.05, 0.1) is 0 Å². The fourth-order valence-electron chi connectivity index (χ4n) is 2.67. The Morgan fingerprint density at radius 3 is 2.62 bits per heavy atom. The van der Waals surface area contributed by atoms with Gasteiger partial charge in [-0.1, -0.05) is 13.8 Å². The first-order valence-electron chi connectivity index (χ1n) is 8.24. The van der Waals surface area contributed by atoms with Crippen LogP contribution in [0.15, 0.2) is 6.07 Å². The van der Waals surface area contributed by atoms with Crippen LogP contribution in [0, 0.1) is 5.92 Å². The van der Waals surface area contributed by atoms with Crippen LogP contribution in [0.25, 0.3) is 0 Å². The Labute approximate surface area is 127 Å². The molecule has 0 unspecified atom stereocenters. The molecule has 0 saturated carbocycles. The molecule has 0 radical (unpaired) electrons. The summed E-state index contributed by atoms with van der Waals surface area (Å²) in [5, 5.41) is 12.6. The van der Waals surface area contributed by atoms with E-state index in [0.29, 0.717) is 12.5 Å². The van der Waals surface area contributed by atoms with Gasteiger partial charge in [0.1, 0.15) is 17.5 Å². The van der Waals surface area contributed by atoms with E-state index < -0.39 is 0 Å². The molecule has 1 aromatic rings. The molecule has 1 saturated heterocycles. The van der Waals surface area contributed by atoms with Crippen LogP contribution in [0.5, 0.6) is 0 Å². The van der Waals surface area contributed by atoms with Crippen molar-refractivity contribution in [1.29, 1.82) is 0 Å². The van der Waals surface area contributed by atoms with E-state index in [9.17, 15) is 5.11 Å². The number of aryl methyl sites for hydroxylation is 1. The van der Waals surface area contributed by atoms with Gasteiger partial charge in [0.25, 0.3) is 0 Å². The summed E-state index contributed by atoms with van der Waals surface area (Å²) in [4.78, 5) is 11.6. The van der Waals surface area contributed by atoms with Crippen molar-refractivity contribution in [2.45, 2.75) is 46.0 Å². The molecule has 21 heavy (non-hydrogen) atoms. The third kappa shape index (κ3) is 4.56. The van der Waals surface area contributed by atoms with E-state index in [1.165, 1.54) is 0 Å². The van der Waals surface area contributed by atoms with Gasteiger partial charge < -0.3 is 15.3 Å². The minimum Gasteiger partial charge on any atom is -0.396 e. The van der Waals surface area contributed by atoms with Crippen molar-refractivity contribution < 1.29 is 5.11 Å². The molecule has 0 amide bonds. The molecule has 0 aromatic carbocycles. The molecule has 0 atom stereocenters. The molecule has 2 N–H and O–H groups in total. The van der Waals surface area contributed by atoms with Crippen molar-refractivity contribution in [1.82, 2.24) is 9.97 Å². The molecule has 1 aliphatic rings. The topological polar surface area (TPSA) is 61.3 Å². The van der Waals surface area contributed by atoms with Crippen LogP contribution < -0.4 is 10.2 Å². The predicted octanol–water partition coefficient (Wildman–Crippen LogP) is 2.46. The maximum absolute atomic E-state index is 9.25. The molecule has 2 rings (SSSR count). The van der Waals surface area contributed by atoms with Gasteiger partial charge in [0, 0.05) is 38.7 Å². The molecule has 0 bridgehead atoms. The predicted molar refractivity (Wildman–Crippen MR) is 86.8 cm³/mol. The summed E-state index contributed by atoms with van der Waals surface area (Å²) in [6.07, 6.45) is 5.15. The minimum atomic E-state index is 0.308. The molecule has 5 nitrogen and oxygen atoms in total. The highest BCUT2D eigenvalue weighted by Crippen LogP contribution is 2.23. The number of nitrogens with zero attached hydrogens (tertiary/aromatic N) is 3. The normalized spacial score (nSPS) is 16.2. The van der Waals surface area contributed by atoms with Crippen molar-refractivity contribution in [2.75, 3.05) is 36.5 Å². The van der Waals surface area contributed by atoms with Crippen LogP contribution in [0.3, 0.4) is 0 Å². The SMILES string of the molecule is CCCNc1cc(N2CCC(CO)CC2)nc(CCC)n1. The highest BCUT2D eigenvalue weighted by molar-refractivity contribution is 5.49. The lowest BCUT2D eigenvalue weighted by Gasteiger charge is -2.32. The van der Waals surface area contributed by atoms with Gasteiger partial charge in [0.15, 0.2) is 0 Å². The number of hydrogen-bond donors (Lipinski definition) is 2. The molecular weight excluding hydrogens is 264 g/mol. The molecule has 118 valence electrons. The van der Waals surface area contributed by atoms with Crippen molar-refractivity contribution in [3.8, 4) is 0 Å². The Kier molecular flexibility index (Phi) is 6.23. The number of piperidine rings is 1. The van der Waals surface area contributed by atoms with E-state index in [1.807, 2.05) is 0 Å². The van der Waals surface area contributed by atoms with E-state index in [-0.39, 0.29) is 0 Å². The van der Waals surface area contributed by atoms with Gasteiger partial charge in [-0.25, -0.2) is 9.97 Å². The molecule has 0 spiro atoms. The molecule has 1 aromatic heterocycles. The number of aliphatic hydroxyl groups is 1. The number of anilines is 2. The Hall–Kier alpha value is -1.36. The van der Waals surface area contributed by atoms with E-state index in [0.717, 1.165) is 69.2 Å². The largest absolute Gasteiger partial charge is 0.396 e. The van der Waals surface area contributed by atoms with Crippen molar-refractivity contribution in [3.05, 3.63) is 11.9 Å². The van der Waals surface area contributed by atoms with Gasteiger partial charge in [-0.15, -0.1) is 0 Å². The Balaban J connectivity index is 2.11. The third-order valence-electron chi connectivity index (χ3n) is 3.99. The van der Waals surface area contributed by atoms with Crippen molar-refractivity contribution in [3.63, 3.8) is 0 Å². The van der Waals surface area contributed by atoms with Crippen LogP contribution in [-0.4, -0.2) is 41.3 Å².